The lowest BCUT2D eigenvalue weighted by atomic mass is 10.1. The Morgan fingerprint density at radius 3 is 2.76 bits per heavy atom. The van der Waals surface area contributed by atoms with Crippen LogP contribution in [0.3, 0.4) is 0 Å². The first-order valence-electron chi connectivity index (χ1n) is 8.36. The van der Waals surface area contributed by atoms with Gasteiger partial charge in [-0.1, -0.05) is 0 Å². The second-order valence-electron chi connectivity index (χ2n) is 5.89. The largest absolute Gasteiger partial charge is 0.485 e. The molecular formula is C18H21F2NO4. The summed E-state index contributed by atoms with van der Waals surface area (Å²) in [6.07, 6.45) is -0.330. The maximum Gasteiger partial charge on any atom is 0.334 e. The predicted octanol–water partition coefficient (Wildman–Crippen LogP) is 2.67. The molecule has 1 aromatic rings. The molecule has 136 valence electrons. The van der Waals surface area contributed by atoms with Gasteiger partial charge in [-0.3, -0.25) is 0 Å². The number of fused-ring (bicyclic) bond motifs is 1. The predicted molar refractivity (Wildman–Crippen MR) is 89.3 cm³/mol. The van der Waals surface area contributed by atoms with Crippen molar-refractivity contribution in [2.24, 2.45) is 0 Å². The van der Waals surface area contributed by atoms with Crippen molar-refractivity contribution in [3.63, 3.8) is 0 Å². The molecule has 5 nitrogen and oxygen atoms in total. The maximum atomic E-state index is 12.6. The molecule has 0 aromatic heterocycles. The van der Waals surface area contributed by atoms with Gasteiger partial charge in [0.1, 0.15) is 12.4 Å². The zero-order valence-corrected chi connectivity index (χ0v) is 14.1. The first kappa shape index (κ1) is 17.7. The average molecular weight is 353 g/mol. The van der Waals surface area contributed by atoms with Crippen molar-refractivity contribution in [3.8, 4) is 5.75 Å². The van der Waals surface area contributed by atoms with Gasteiger partial charge in [-0.05, 0) is 36.3 Å². The maximum absolute atomic E-state index is 12.6. The Morgan fingerprint density at radius 2 is 2.08 bits per heavy atom. The number of anilines is 1. The molecule has 1 heterocycles. The summed E-state index contributed by atoms with van der Waals surface area (Å²) in [5.41, 5.74) is 3.11. The SMILES string of the molecule is CCOC(=O)C1=Cc2cc(OCC(F)F)c(N3CCOCC3)cc2C1. The Balaban J connectivity index is 1.88. The van der Waals surface area contributed by atoms with E-state index >= 15 is 0 Å². The van der Waals surface area contributed by atoms with E-state index in [4.69, 9.17) is 14.2 Å². The number of esters is 1. The van der Waals surface area contributed by atoms with Crippen LogP contribution in [-0.4, -0.2) is 51.9 Å². The monoisotopic (exact) mass is 353 g/mol. The van der Waals surface area contributed by atoms with Crippen LogP contribution in [0.2, 0.25) is 0 Å². The number of hydrogen-bond donors (Lipinski definition) is 0. The van der Waals surface area contributed by atoms with E-state index in [9.17, 15) is 13.6 Å². The van der Waals surface area contributed by atoms with E-state index in [1.807, 2.05) is 6.07 Å². The van der Waals surface area contributed by atoms with E-state index in [-0.39, 0.29) is 5.97 Å². The number of ether oxygens (including phenoxy) is 3. The lowest BCUT2D eigenvalue weighted by Crippen LogP contribution is -2.36. The standard InChI is InChI=1S/C18H21F2NO4/c1-2-24-18(22)14-7-12-9-15(21-3-5-23-6-4-21)16(10-13(12)8-14)25-11-17(19)20/h8-10,17H,2-7,11H2,1H3. The number of hydrogen-bond acceptors (Lipinski definition) is 5. The fourth-order valence-corrected chi connectivity index (χ4v) is 3.03. The van der Waals surface area contributed by atoms with E-state index in [1.54, 1.807) is 19.1 Å². The summed E-state index contributed by atoms with van der Waals surface area (Å²) in [7, 11) is 0. The van der Waals surface area contributed by atoms with Crippen LogP contribution in [0, 0.1) is 0 Å². The Bertz CT molecular complexity index is 669. The van der Waals surface area contributed by atoms with Crippen molar-refractivity contribution in [2.45, 2.75) is 19.8 Å². The number of halogens is 2. The normalized spacial score (nSPS) is 16.6. The van der Waals surface area contributed by atoms with Crippen LogP contribution in [0.4, 0.5) is 14.5 Å². The Labute approximate surface area is 145 Å². The fourth-order valence-electron chi connectivity index (χ4n) is 3.03. The molecule has 0 saturated carbocycles. The minimum atomic E-state index is -2.54. The summed E-state index contributed by atoms with van der Waals surface area (Å²) in [5.74, 6) is 0.0592. The van der Waals surface area contributed by atoms with E-state index in [0.717, 1.165) is 16.8 Å². The third-order valence-electron chi connectivity index (χ3n) is 4.19. The number of carbonyl (C=O) groups is 1. The van der Waals surface area contributed by atoms with E-state index in [2.05, 4.69) is 4.90 Å². The molecule has 2 aliphatic rings. The second kappa shape index (κ2) is 7.82. The fraction of sp³-hybridized carbons (Fsp3) is 0.500. The van der Waals surface area contributed by atoms with E-state index in [1.165, 1.54) is 0 Å². The summed E-state index contributed by atoms with van der Waals surface area (Å²) < 4.78 is 40.9. The van der Waals surface area contributed by atoms with Gasteiger partial charge in [0, 0.05) is 25.1 Å². The van der Waals surface area contributed by atoms with Crippen LogP contribution in [0.5, 0.6) is 5.75 Å². The molecule has 0 atom stereocenters. The minimum Gasteiger partial charge on any atom is -0.485 e. The van der Waals surface area contributed by atoms with Crippen LogP contribution in [0.25, 0.3) is 6.08 Å². The quantitative estimate of drug-likeness (QED) is 0.736. The molecule has 0 spiro atoms. The summed E-state index contributed by atoms with van der Waals surface area (Å²) in [4.78, 5) is 14.0. The zero-order valence-electron chi connectivity index (χ0n) is 14.1. The highest BCUT2D eigenvalue weighted by atomic mass is 19.3. The smallest absolute Gasteiger partial charge is 0.334 e. The van der Waals surface area contributed by atoms with Crippen molar-refractivity contribution < 1.29 is 27.8 Å². The number of carbonyl (C=O) groups excluding carboxylic acids is 1. The van der Waals surface area contributed by atoms with Crippen molar-refractivity contribution in [1.82, 2.24) is 0 Å². The molecule has 0 unspecified atom stereocenters. The summed E-state index contributed by atoms with van der Waals surface area (Å²) in [6.45, 7) is 3.91. The topological polar surface area (TPSA) is 48.0 Å². The Morgan fingerprint density at radius 1 is 1.32 bits per heavy atom. The Kier molecular flexibility index (Phi) is 5.53. The second-order valence-corrected chi connectivity index (χ2v) is 5.89. The molecule has 1 fully saturated rings. The minimum absolute atomic E-state index is 0.314. The number of nitrogens with zero attached hydrogens (tertiary/aromatic N) is 1. The summed E-state index contributed by atoms with van der Waals surface area (Å²) >= 11 is 0. The molecule has 0 radical (unpaired) electrons. The molecule has 3 rings (SSSR count). The molecule has 1 saturated heterocycles. The molecule has 0 amide bonds. The molecule has 0 N–H and O–H groups in total. The zero-order chi connectivity index (χ0) is 17.8. The molecule has 1 aliphatic carbocycles. The van der Waals surface area contributed by atoms with Crippen molar-refractivity contribution in [1.29, 1.82) is 0 Å². The lowest BCUT2D eigenvalue weighted by molar-refractivity contribution is -0.138. The number of benzene rings is 1. The van der Waals surface area contributed by atoms with Gasteiger partial charge in [-0.2, -0.15) is 0 Å². The molecular weight excluding hydrogens is 332 g/mol. The van der Waals surface area contributed by atoms with Gasteiger partial charge in [-0.15, -0.1) is 0 Å². The van der Waals surface area contributed by atoms with E-state index < -0.39 is 13.0 Å². The number of rotatable bonds is 6. The summed E-state index contributed by atoms with van der Waals surface area (Å²) in [5, 5.41) is 0. The van der Waals surface area contributed by atoms with Crippen LogP contribution < -0.4 is 9.64 Å². The van der Waals surface area contributed by atoms with Crippen molar-refractivity contribution in [3.05, 3.63) is 28.8 Å². The first-order chi connectivity index (χ1) is 12.1. The first-order valence-corrected chi connectivity index (χ1v) is 8.36. The molecule has 1 aromatic carbocycles. The van der Waals surface area contributed by atoms with Gasteiger partial charge in [0.15, 0.2) is 0 Å². The van der Waals surface area contributed by atoms with Crippen molar-refractivity contribution in [2.75, 3.05) is 44.4 Å². The van der Waals surface area contributed by atoms with Gasteiger partial charge >= 0.3 is 5.97 Å². The lowest BCUT2D eigenvalue weighted by Gasteiger charge is -2.30. The highest BCUT2D eigenvalue weighted by molar-refractivity contribution is 5.97. The molecule has 7 heteroatoms. The number of alkyl halides is 2. The molecule has 0 bridgehead atoms. The van der Waals surface area contributed by atoms with Crippen LogP contribution in [0.15, 0.2) is 17.7 Å². The van der Waals surface area contributed by atoms with Crippen LogP contribution in [0.1, 0.15) is 18.1 Å². The number of morpholine rings is 1. The van der Waals surface area contributed by atoms with Crippen LogP contribution >= 0.6 is 0 Å². The molecule has 1 aliphatic heterocycles. The average Bonchev–Trinajstić information content (AvgIpc) is 3.03. The van der Waals surface area contributed by atoms with Gasteiger partial charge in [0.05, 0.1) is 25.5 Å². The summed E-state index contributed by atoms with van der Waals surface area (Å²) in [6, 6.07) is 3.65. The van der Waals surface area contributed by atoms with Crippen molar-refractivity contribution >= 4 is 17.7 Å². The van der Waals surface area contributed by atoms with Gasteiger partial charge < -0.3 is 19.1 Å². The third-order valence-corrected chi connectivity index (χ3v) is 4.19. The third kappa shape index (κ3) is 4.10. The highest BCUT2D eigenvalue weighted by Gasteiger charge is 2.24. The van der Waals surface area contributed by atoms with Gasteiger partial charge in [-0.25, -0.2) is 13.6 Å². The van der Waals surface area contributed by atoms with Gasteiger partial charge in [0.2, 0.25) is 0 Å². The van der Waals surface area contributed by atoms with E-state index in [0.29, 0.717) is 50.7 Å². The molecule has 25 heavy (non-hydrogen) atoms. The highest BCUT2D eigenvalue weighted by Crippen LogP contribution is 2.37. The van der Waals surface area contributed by atoms with Crippen LogP contribution in [-0.2, 0) is 20.7 Å². The Hall–Kier alpha value is -2.15. The van der Waals surface area contributed by atoms with Gasteiger partial charge in [0.25, 0.3) is 6.43 Å².